The molecule has 0 aliphatic carbocycles. The Morgan fingerprint density at radius 1 is 1.12 bits per heavy atom. The SMILES string of the molecule is C[C@H](NC(O)OC(C)(C)C)C(=O)N[C@H]1CN(C(=O)CF)CC[C@H]2CC[C@@H](C(=O)N[C@@H]3CCOc4ccccc43)N2C1=O. The van der Waals surface area contributed by atoms with Crippen LogP contribution in [0.2, 0.25) is 0 Å². The van der Waals surface area contributed by atoms with Gasteiger partial charge in [-0.15, -0.1) is 0 Å². The van der Waals surface area contributed by atoms with E-state index in [9.17, 15) is 28.7 Å². The zero-order valence-corrected chi connectivity index (χ0v) is 24.6. The smallest absolute Gasteiger partial charge is 0.254 e. The number of carbonyl (C=O) groups is 4. The van der Waals surface area contributed by atoms with Gasteiger partial charge in [-0.2, -0.15) is 0 Å². The average Bonchev–Trinajstić information content (AvgIpc) is 3.35. The van der Waals surface area contributed by atoms with Crippen LogP contribution in [0.15, 0.2) is 24.3 Å². The summed E-state index contributed by atoms with van der Waals surface area (Å²) < 4.78 is 24.5. The van der Waals surface area contributed by atoms with E-state index in [0.29, 0.717) is 38.0 Å². The molecule has 3 heterocycles. The first-order valence-corrected chi connectivity index (χ1v) is 14.5. The van der Waals surface area contributed by atoms with Gasteiger partial charge in [-0.1, -0.05) is 18.2 Å². The maximum atomic E-state index is 14.0. The molecule has 4 rings (SSSR count). The van der Waals surface area contributed by atoms with Crippen molar-refractivity contribution in [3.05, 3.63) is 29.8 Å². The summed E-state index contributed by atoms with van der Waals surface area (Å²) >= 11 is 0. The summed E-state index contributed by atoms with van der Waals surface area (Å²) in [6.45, 7) is 5.87. The third-order valence-corrected chi connectivity index (χ3v) is 7.80. The Balaban J connectivity index is 1.50. The van der Waals surface area contributed by atoms with Crippen LogP contribution < -0.4 is 20.7 Å². The Morgan fingerprint density at radius 2 is 1.86 bits per heavy atom. The molecule has 0 spiro atoms. The number of aliphatic hydroxyl groups excluding tert-OH is 1. The molecule has 2 fully saturated rings. The third-order valence-electron chi connectivity index (χ3n) is 7.80. The Kier molecular flexibility index (Phi) is 10.1. The van der Waals surface area contributed by atoms with Crippen molar-refractivity contribution in [2.45, 2.75) is 95.6 Å². The fourth-order valence-electron chi connectivity index (χ4n) is 5.77. The van der Waals surface area contributed by atoms with E-state index < -0.39 is 54.5 Å². The van der Waals surface area contributed by atoms with Gasteiger partial charge in [0, 0.05) is 31.1 Å². The van der Waals surface area contributed by atoms with Gasteiger partial charge >= 0.3 is 0 Å². The van der Waals surface area contributed by atoms with Gasteiger partial charge in [-0.3, -0.25) is 24.5 Å². The molecule has 13 heteroatoms. The molecule has 1 aromatic rings. The molecular formula is C29H42FN5O7. The topological polar surface area (TPSA) is 150 Å². The number of benzene rings is 1. The lowest BCUT2D eigenvalue weighted by Crippen LogP contribution is -2.63. The maximum absolute atomic E-state index is 14.0. The van der Waals surface area contributed by atoms with Crippen LogP contribution in [0.1, 0.15) is 65.0 Å². The Morgan fingerprint density at radius 3 is 2.57 bits per heavy atom. The summed E-state index contributed by atoms with van der Waals surface area (Å²) in [5.74, 6) is -1.52. The van der Waals surface area contributed by atoms with Gasteiger partial charge in [0.15, 0.2) is 6.67 Å². The number of carbonyl (C=O) groups excluding carboxylic acids is 4. The van der Waals surface area contributed by atoms with Gasteiger partial charge in [0.25, 0.3) is 5.91 Å². The fraction of sp³-hybridized carbons (Fsp3) is 0.655. The highest BCUT2D eigenvalue weighted by molar-refractivity contribution is 5.94. The molecule has 42 heavy (non-hydrogen) atoms. The number of hydrogen-bond donors (Lipinski definition) is 4. The summed E-state index contributed by atoms with van der Waals surface area (Å²) in [5.41, 5.74) is 0.189. The van der Waals surface area contributed by atoms with Crippen molar-refractivity contribution in [1.29, 1.82) is 0 Å². The summed E-state index contributed by atoms with van der Waals surface area (Å²) in [5, 5.41) is 18.5. The number of aliphatic hydroxyl groups is 1. The second kappa shape index (κ2) is 13.3. The monoisotopic (exact) mass is 591 g/mol. The first-order chi connectivity index (χ1) is 19.9. The van der Waals surface area contributed by atoms with Crippen LogP contribution >= 0.6 is 0 Å². The van der Waals surface area contributed by atoms with E-state index in [2.05, 4.69) is 16.0 Å². The number of alkyl halides is 1. The summed E-state index contributed by atoms with van der Waals surface area (Å²) in [7, 11) is 0. The largest absolute Gasteiger partial charge is 0.493 e. The summed E-state index contributed by atoms with van der Waals surface area (Å²) in [6.07, 6.45) is 0.465. The van der Waals surface area contributed by atoms with Gasteiger partial charge in [-0.05, 0) is 53.0 Å². The molecule has 2 saturated heterocycles. The van der Waals surface area contributed by atoms with E-state index in [1.165, 1.54) is 16.7 Å². The van der Waals surface area contributed by atoms with E-state index in [4.69, 9.17) is 9.47 Å². The minimum atomic E-state index is -1.45. The van der Waals surface area contributed by atoms with Gasteiger partial charge < -0.3 is 35.0 Å². The molecule has 0 radical (unpaired) electrons. The molecule has 232 valence electrons. The average molecular weight is 592 g/mol. The van der Waals surface area contributed by atoms with Crippen LogP contribution in [0.25, 0.3) is 0 Å². The molecule has 3 aliphatic rings. The van der Waals surface area contributed by atoms with Crippen LogP contribution in [-0.4, -0.2) is 101 Å². The molecule has 0 bridgehead atoms. The molecule has 12 nitrogen and oxygen atoms in total. The number of nitrogens with zero attached hydrogens (tertiary/aromatic N) is 2. The first kappa shape index (κ1) is 31.6. The predicted octanol–water partition coefficient (Wildman–Crippen LogP) is 0.742. The highest BCUT2D eigenvalue weighted by Gasteiger charge is 2.46. The van der Waals surface area contributed by atoms with Crippen LogP contribution in [0.5, 0.6) is 5.75 Å². The van der Waals surface area contributed by atoms with Gasteiger partial charge in [0.05, 0.1) is 24.3 Å². The summed E-state index contributed by atoms with van der Waals surface area (Å²) in [6, 6.07) is 3.90. The molecule has 1 aromatic carbocycles. The zero-order chi connectivity index (χ0) is 30.6. The van der Waals surface area contributed by atoms with Gasteiger partial charge in [0.1, 0.15) is 17.8 Å². The molecule has 1 unspecified atom stereocenters. The number of hydrogen-bond acceptors (Lipinski definition) is 8. The number of halogens is 1. The van der Waals surface area contributed by atoms with E-state index >= 15 is 0 Å². The lowest BCUT2D eigenvalue weighted by atomic mass is 10.00. The Bertz CT molecular complexity index is 1160. The van der Waals surface area contributed by atoms with E-state index in [-0.39, 0.29) is 31.1 Å². The molecule has 6 atom stereocenters. The van der Waals surface area contributed by atoms with Crippen molar-refractivity contribution < 1.29 is 38.1 Å². The maximum Gasteiger partial charge on any atom is 0.254 e. The van der Waals surface area contributed by atoms with Crippen molar-refractivity contribution in [2.24, 2.45) is 0 Å². The minimum Gasteiger partial charge on any atom is -0.493 e. The normalized spacial score (nSPS) is 25.7. The molecule has 0 saturated carbocycles. The molecular weight excluding hydrogens is 549 g/mol. The lowest BCUT2D eigenvalue weighted by Gasteiger charge is -2.39. The number of rotatable bonds is 8. The quantitative estimate of drug-likeness (QED) is 0.324. The number of amides is 4. The van der Waals surface area contributed by atoms with Crippen molar-refractivity contribution in [3.63, 3.8) is 0 Å². The van der Waals surface area contributed by atoms with Crippen molar-refractivity contribution in [2.75, 3.05) is 26.4 Å². The highest BCUT2D eigenvalue weighted by Crippen LogP contribution is 2.34. The molecule has 4 amide bonds. The zero-order valence-electron chi connectivity index (χ0n) is 24.6. The lowest BCUT2D eigenvalue weighted by molar-refractivity contribution is -0.186. The molecule has 3 aliphatic heterocycles. The highest BCUT2D eigenvalue weighted by atomic mass is 19.1. The van der Waals surface area contributed by atoms with Crippen LogP contribution in [0, 0.1) is 0 Å². The minimum absolute atomic E-state index is 0.178. The van der Waals surface area contributed by atoms with E-state index in [1.807, 2.05) is 24.3 Å². The number of nitrogens with one attached hydrogen (secondary N) is 3. The van der Waals surface area contributed by atoms with Gasteiger partial charge in [-0.25, -0.2) is 4.39 Å². The van der Waals surface area contributed by atoms with Gasteiger partial charge in [0.2, 0.25) is 24.1 Å². The number of para-hydroxylation sites is 1. The Labute approximate surface area is 245 Å². The second-order valence-corrected chi connectivity index (χ2v) is 12.0. The van der Waals surface area contributed by atoms with Crippen LogP contribution in [-0.2, 0) is 23.9 Å². The van der Waals surface area contributed by atoms with Crippen molar-refractivity contribution in [3.8, 4) is 5.75 Å². The Hall–Kier alpha value is -3.29. The van der Waals surface area contributed by atoms with E-state index in [1.54, 1.807) is 20.8 Å². The fourth-order valence-corrected chi connectivity index (χ4v) is 5.77. The number of fused-ring (bicyclic) bond motifs is 2. The number of ether oxygens (including phenoxy) is 2. The standard InChI is InChI=1S/C29H42FN5O7/c1-17(31-28(40)42-29(2,3)4)25(37)33-21-16-34(24(36)15-30)13-11-18-9-10-22(35(18)27(21)39)26(38)32-20-12-14-41-23-8-6-5-7-19(20)23/h5-8,17-18,20-22,28,31,40H,9-16H2,1-4H3,(H,32,38)(H,33,37)/t17-,18+,20+,21-,22-,28?/m0/s1. The second-order valence-electron chi connectivity index (χ2n) is 12.0. The van der Waals surface area contributed by atoms with E-state index in [0.717, 1.165) is 5.56 Å². The van der Waals surface area contributed by atoms with Crippen molar-refractivity contribution in [1.82, 2.24) is 25.8 Å². The predicted molar refractivity (Wildman–Crippen MR) is 150 cm³/mol. The van der Waals surface area contributed by atoms with Crippen molar-refractivity contribution >= 4 is 23.6 Å². The van der Waals surface area contributed by atoms with Crippen LogP contribution in [0.3, 0.4) is 0 Å². The first-order valence-electron chi connectivity index (χ1n) is 14.5. The van der Waals surface area contributed by atoms with Crippen LogP contribution in [0.4, 0.5) is 4.39 Å². The molecule has 0 aromatic heterocycles. The molecule has 4 N–H and O–H groups in total. The third kappa shape index (κ3) is 7.56. The summed E-state index contributed by atoms with van der Waals surface area (Å²) in [4.78, 5) is 55.8.